The summed E-state index contributed by atoms with van der Waals surface area (Å²) < 4.78 is 6.13. The molecule has 2 atom stereocenters. The Balaban J connectivity index is 2.28. The van der Waals surface area contributed by atoms with Crippen molar-refractivity contribution in [1.82, 2.24) is 14.4 Å². The van der Waals surface area contributed by atoms with Crippen molar-refractivity contribution >= 4 is 11.7 Å². The number of nitrogens with zero attached hydrogens (tertiary/aromatic N) is 3. The quantitative estimate of drug-likeness (QED) is 0.723. The molecule has 0 aliphatic heterocycles. The lowest BCUT2D eigenvalue weighted by atomic mass is 10.1. The summed E-state index contributed by atoms with van der Waals surface area (Å²) in [5.74, 6) is -0.494. The molecule has 0 saturated carbocycles. The van der Waals surface area contributed by atoms with Gasteiger partial charge in [0.15, 0.2) is 6.10 Å². The Bertz CT molecular complexity index is 554. The maximum absolute atomic E-state index is 11.3. The molecule has 2 unspecified atom stereocenters. The van der Waals surface area contributed by atoms with Crippen LogP contribution in [0.4, 0.5) is 0 Å². The summed E-state index contributed by atoms with van der Waals surface area (Å²) >= 11 is 0. The average Bonchev–Trinajstić information content (AvgIpc) is 2.81. The highest BCUT2D eigenvalue weighted by molar-refractivity contribution is 5.75. The van der Waals surface area contributed by atoms with Crippen molar-refractivity contribution in [3.63, 3.8) is 0 Å². The van der Waals surface area contributed by atoms with Gasteiger partial charge in [-0.15, -0.1) is 0 Å². The molecule has 2 N–H and O–H groups in total. The number of aliphatic hydroxyl groups excluding tert-OH is 2. The predicted molar refractivity (Wildman–Crippen MR) is 60.6 cm³/mol. The van der Waals surface area contributed by atoms with E-state index in [1.165, 1.54) is 10.6 Å². The third-order valence-corrected chi connectivity index (χ3v) is 2.45. The SMILES string of the molecule is CCOC(=O)C(O)C(O)c1cnc2ncccn12. The van der Waals surface area contributed by atoms with Gasteiger partial charge in [0.25, 0.3) is 0 Å². The van der Waals surface area contributed by atoms with Gasteiger partial charge in [-0.05, 0) is 13.0 Å². The second-order valence-corrected chi connectivity index (χ2v) is 3.61. The molecule has 96 valence electrons. The third kappa shape index (κ3) is 2.18. The van der Waals surface area contributed by atoms with E-state index in [4.69, 9.17) is 0 Å². The summed E-state index contributed by atoms with van der Waals surface area (Å²) in [6.07, 6.45) is 1.48. The highest BCUT2D eigenvalue weighted by atomic mass is 16.5. The first-order valence-corrected chi connectivity index (χ1v) is 5.46. The minimum absolute atomic E-state index is 0.136. The summed E-state index contributed by atoms with van der Waals surface area (Å²) in [4.78, 5) is 19.3. The first kappa shape index (κ1) is 12.5. The first-order valence-electron chi connectivity index (χ1n) is 5.46. The van der Waals surface area contributed by atoms with Crippen LogP contribution in [0.25, 0.3) is 5.78 Å². The molecule has 0 amide bonds. The van der Waals surface area contributed by atoms with Crippen LogP contribution in [0.15, 0.2) is 24.7 Å². The molecule has 0 spiro atoms. The lowest BCUT2D eigenvalue weighted by molar-refractivity contribution is -0.159. The van der Waals surface area contributed by atoms with Crippen LogP contribution >= 0.6 is 0 Å². The monoisotopic (exact) mass is 251 g/mol. The van der Waals surface area contributed by atoms with Crippen molar-refractivity contribution in [3.8, 4) is 0 Å². The zero-order valence-corrected chi connectivity index (χ0v) is 9.72. The number of hydrogen-bond acceptors (Lipinski definition) is 6. The molecule has 0 fully saturated rings. The van der Waals surface area contributed by atoms with Crippen LogP contribution in [0.3, 0.4) is 0 Å². The van der Waals surface area contributed by atoms with E-state index in [1.807, 2.05) is 0 Å². The molecule has 7 heteroatoms. The molecule has 0 aliphatic rings. The smallest absolute Gasteiger partial charge is 0.338 e. The van der Waals surface area contributed by atoms with Crippen molar-refractivity contribution < 1.29 is 19.7 Å². The molecule has 2 rings (SSSR count). The predicted octanol–water partition coefficient (Wildman–Crippen LogP) is -0.313. The zero-order valence-electron chi connectivity index (χ0n) is 9.72. The molecule has 7 nitrogen and oxygen atoms in total. The average molecular weight is 251 g/mol. The molecule has 0 radical (unpaired) electrons. The van der Waals surface area contributed by atoms with Gasteiger partial charge in [-0.1, -0.05) is 0 Å². The molecule has 2 aromatic rings. The first-order chi connectivity index (χ1) is 8.65. The van der Waals surface area contributed by atoms with Crippen LogP contribution in [-0.2, 0) is 9.53 Å². The topological polar surface area (TPSA) is 97.0 Å². The zero-order chi connectivity index (χ0) is 13.1. The van der Waals surface area contributed by atoms with E-state index < -0.39 is 18.2 Å². The van der Waals surface area contributed by atoms with E-state index in [1.54, 1.807) is 25.4 Å². The van der Waals surface area contributed by atoms with Crippen LogP contribution in [0.5, 0.6) is 0 Å². The van der Waals surface area contributed by atoms with Crippen LogP contribution in [0.2, 0.25) is 0 Å². The molecular weight excluding hydrogens is 238 g/mol. The molecule has 0 bridgehead atoms. The van der Waals surface area contributed by atoms with Gasteiger partial charge in [0, 0.05) is 12.4 Å². The molecule has 2 aromatic heterocycles. The van der Waals surface area contributed by atoms with Crippen molar-refractivity contribution in [2.24, 2.45) is 0 Å². The highest BCUT2D eigenvalue weighted by Gasteiger charge is 2.29. The van der Waals surface area contributed by atoms with Gasteiger partial charge in [0.05, 0.1) is 18.5 Å². The van der Waals surface area contributed by atoms with Crippen LogP contribution in [0, 0.1) is 0 Å². The lowest BCUT2D eigenvalue weighted by Gasteiger charge is -2.15. The summed E-state index contributed by atoms with van der Waals surface area (Å²) in [6, 6.07) is 1.65. The van der Waals surface area contributed by atoms with Crippen LogP contribution in [0.1, 0.15) is 18.7 Å². The van der Waals surface area contributed by atoms with Crippen molar-refractivity contribution in [2.45, 2.75) is 19.1 Å². The Morgan fingerprint density at radius 2 is 2.28 bits per heavy atom. The standard InChI is InChI=1S/C11H13N3O4/c1-2-18-10(17)9(16)8(15)7-6-13-11-12-4-3-5-14(7)11/h3-6,8-9,15-16H,2H2,1H3. The second-order valence-electron chi connectivity index (χ2n) is 3.61. The van der Waals surface area contributed by atoms with E-state index in [0.717, 1.165) is 0 Å². The lowest BCUT2D eigenvalue weighted by Crippen LogP contribution is -2.30. The molecule has 18 heavy (non-hydrogen) atoms. The highest BCUT2D eigenvalue weighted by Crippen LogP contribution is 2.18. The molecule has 0 aliphatic carbocycles. The van der Waals surface area contributed by atoms with Crippen molar-refractivity contribution in [3.05, 3.63) is 30.4 Å². The van der Waals surface area contributed by atoms with E-state index in [-0.39, 0.29) is 12.3 Å². The van der Waals surface area contributed by atoms with Crippen LogP contribution in [-0.4, -0.2) is 43.3 Å². The maximum Gasteiger partial charge on any atom is 0.338 e. The van der Waals surface area contributed by atoms with Gasteiger partial charge in [0.2, 0.25) is 5.78 Å². The van der Waals surface area contributed by atoms with Gasteiger partial charge < -0.3 is 14.9 Å². The number of carbonyl (C=O) groups excluding carboxylic acids is 1. The molecule has 0 saturated heterocycles. The molecule has 2 heterocycles. The largest absolute Gasteiger partial charge is 0.464 e. The van der Waals surface area contributed by atoms with Gasteiger partial charge in [-0.3, -0.25) is 4.40 Å². The molecular formula is C11H13N3O4. The third-order valence-electron chi connectivity index (χ3n) is 2.45. The molecule has 0 aromatic carbocycles. The Morgan fingerprint density at radius 3 is 3.00 bits per heavy atom. The minimum atomic E-state index is -1.65. The number of esters is 1. The van der Waals surface area contributed by atoms with E-state index >= 15 is 0 Å². The van der Waals surface area contributed by atoms with E-state index in [2.05, 4.69) is 14.7 Å². The van der Waals surface area contributed by atoms with Gasteiger partial charge in [-0.25, -0.2) is 14.8 Å². The Kier molecular flexibility index (Phi) is 3.54. The fourth-order valence-electron chi connectivity index (χ4n) is 1.58. The van der Waals surface area contributed by atoms with Gasteiger partial charge in [0.1, 0.15) is 6.10 Å². The number of rotatable bonds is 4. The van der Waals surface area contributed by atoms with Crippen molar-refractivity contribution in [1.29, 1.82) is 0 Å². The minimum Gasteiger partial charge on any atom is -0.464 e. The second kappa shape index (κ2) is 5.11. The fraction of sp³-hybridized carbons (Fsp3) is 0.364. The van der Waals surface area contributed by atoms with Crippen molar-refractivity contribution in [2.75, 3.05) is 6.61 Å². The number of imidazole rings is 1. The number of fused-ring (bicyclic) bond motifs is 1. The number of ether oxygens (including phenoxy) is 1. The summed E-state index contributed by atoms with van der Waals surface area (Å²) in [5.41, 5.74) is 0.277. The van der Waals surface area contributed by atoms with E-state index in [0.29, 0.717) is 5.78 Å². The summed E-state index contributed by atoms with van der Waals surface area (Å²) in [7, 11) is 0. The number of hydrogen-bond donors (Lipinski definition) is 2. The van der Waals surface area contributed by atoms with E-state index in [9.17, 15) is 15.0 Å². The number of aromatic nitrogens is 3. The normalized spacial score (nSPS) is 14.4. The maximum atomic E-state index is 11.3. The Morgan fingerprint density at radius 1 is 1.50 bits per heavy atom. The number of aliphatic hydroxyl groups is 2. The van der Waals surface area contributed by atoms with Gasteiger partial charge >= 0.3 is 5.97 Å². The van der Waals surface area contributed by atoms with Crippen LogP contribution < -0.4 is 0 Å². The number of carbonyl (C=O) groups is 1. The van der Waals surface area contributed by atoms with Gasteiger partial charge in [-0.2, -0.15) is 0 Å². The Labute approximate surface area is 103 Å². The summed E-state index contributed by atoms with van der Waals surface area (Å²) in [6.45, 7) is 1.76. The Hall–Kier alpha value is -1.99. The fourth-order valence-corrected chi connectivity index (χ4v) is 1.58. The summed E-state index contributed by atoms with van der Waals surface area (Å²) in [5, 5.41) is 19.6.